The lowest BCUT2D eigenvalue weighted by atomic mass is 10.00. The summed E-state index contributed by atoms with van der Waals surface area (Å²) in [4.78, 5) is 6.41. The molecule has 18 heavy (non-hydrogen) atoms. The van der Waals surface area contributed by atoms with Crippen molar-refractivity contribution in [3.63, 3.8) is 0 Å². The second kappa shape index (κ2) is 6.01. The van der Waals surface area contributed by atoms with Gasteiger partial charge in [0, 0.05) is 18.6 Å². The Morgan fingerprint density at radius 1 is 1.56 bits per heavy atom. The summed E-state index contributed by atoms with van der Waals surface area (Å²) >= 11 is 0. The molecular formula is C10H19ClN4O2S. The zero-order chi connectivity index (χ0) is 12.5. The molecule has 1 aliphatic heterocycles. The summed E-state index contributed by atoms with van der Waals surface area (Å²) < 4.78 is 26.2. The minimum absolute atomic E-state index is 0. The maximum Gasteiger partial charge on any atom is 0.260 e. The van der Waals surface area contributed by atoms with Gasteiger partial charge >= 0.3 is 0 Å². The number of imidazole rings is 1. The Labute approximate surface area is 113 Å². The molecule has 0 spiro atoms. The summed E-state index contributed by atoms with van der Waals surface area (Å²) in [6.45, 7) is 2.39. The lowest BCUT2D eigenvalue weighted by Gasteiger charge is -2.36. The van der Waals surface area contributed by atoms with Gasteiger partial charge in [0.25, 0.3) is 10.0 Å². The van der Waals surface area contributed by atoms with E-state index in [9.17, 15) is 8.42 Å². The van der Waals surface area contributed by atoms with Crippen LogP contribution >= 0.6 is 12.4 Å². The van der Waals surface area contributed by atoms with Crippen LogP contribution in [0.2, 0.25) is 0 Å². The zero-order valence-electron chi connectivity index (χ0n) is 10.2. The standard InChI is InChI=1S/C10H18N4O2S.ClH/c1-8(11)9-4-2-3-5-14(9)17(15,16)10-6-12-7-13-10;/h6-9H,2-5,11H2,1H3,(H,12,13);1H. The molecule has 0 bridgehead atoms. The normalized spacial score (nSPS) is 23.3. The van der Waals surface area contributed by atoms with Crippen LogP contribution in [0.15, 0.2) is 17.6 Å². The smallest absolute Gasteiger partial charge is 0.260 e. The van der Waals surface area contributed by atoms with Crippen molar-refractivity contribution < 1.29 is 8.42 Å². The number of hydrogen-bond donors (Lipinski definition) is 2. The number of nitrogens with one attached hydrogen (secondary N) is 1. The van der Waals surface area contributed by atoms with E-state index in [1.165, 1.54) is 16.8 Å². The molecule has 1 aromatic heterocycles. The lowest BCUT2D eigenvalue weighted by molar-refractivity contribution is 0.227. The molecule has 3 N–H and O–H groups in total. The molecule has 1 aliphatic rings. The van der Waals surface area contributed by atoms with Gasteiger partial charge in [0.05, 0.1) is 12.5 Å². The van der Waals surface area contributed by atoms with Crippen LogP contribution in [0.25, 0.3) is 0 Å². The fourth-order valence-electron chi connectivity index (χ4n) is 2.27. The van der Waals surface area contributed by atoms with Gasteiger partial charge in [-0.3, -0.25) is 0 Å². The molecule has 1 saturated heterocycles. The van der Waals surface area contributed by atoms with Crippen molar-refractivity contribution in [3.05, 3.63) is 12.5 Å². The van der Waals surface area contributed by atoms with Crippen LogP contribution in [0.5, 0.6) is 0 Å². The molecule has 0 saturated carbocycles. The monoisotopic (exact) mass is 294 g/mol. The highest BCUT2D eigenvalue weighted by Gasteiger charge is 2.35. The minimum atomic E-state index is -3.48. The molecule has 0 aromatic carbocycles. The Bertz CT molecular complexity index is 460. The van der Waals surface area contributed by atoms with Crippen LogP contribution < -0.4 is 5.73 Å². The first-order chi connectivity index (χ1) is 8.03. The highest BCUT2D eigenvalue weighted by atomic mass is 35.5. The van der Waals surface area contributed by atoms with Gasteiger partial charge < -0.3 is 10.7 Å². The van der Waals surface area contributed by atoms with Gasteiger partial charge in [0.2, 0.25) is 0 Å². The molecule has 0 radical (unpaired) electrons. The minimum Gasteiger partial charge on any atom is -0.335 e. The first-order valence-electron chi connectivity index (χ1n) is 5.79. The van der Waals surface area contributed by atoms with Gasteiger partial charge in [0.15, 0.2) is 5.03 Å². The van der Waals surface area contributed by atoms with Gasteiger partial charge in [-0.15, -0.1) is 12.4 Å². The summed E-state index contributed by atoms with van der Waals surface area (Å²) in [5, 5.41) is 0.144. The molecule has 1 aromatic rings. The zero-order valence-corrected chi connectivity index (χ0v) is 11.9. The maximum atomic E-state index is 12.4. The van der Waals surface area contributed by atoms with Crippen LogP contribution in [0, 0.1) is 0 Å². The summed E-state index contributed by atoms with van der Waals surface area (Å²) in [5.74, 6) is 0. The van der Waals surface area contributed by atoms with Crippen molar-refractivity contribution in [1.29, 1.82) is 0 Å². The van der Waals surface area contributed by atoms with E-state index in [-0.39, 0.29) is 29.5 Å². The third-order valence-corrected chi connectivity index (χ3v) is 5.01. The number of nitrogens with zero attached hydrogens (tertiary/aromatic N) is 2. The van der Waals surface area contributed by atoms with Crippen LogP contribution in [-0.4, -0.2) is 41.3 Å². The van der Waals surface area contributed by atoms with Crippen molar-refractivity contribution in [2.75, 3.05) is 6.54 Å². The van der Waals surface area contributed by atoms with Crippen molar-refractivity contribution in [2.24, 2.45) is 5.73 Å². The number of sulfonamides is 1. The van der Waals surface area contributed by atoms with Gasteiger partial charge in [-0.25, -0.2) is 13.4 Å². The van der Waals surface area contributed by atoms with Gasteiger partial charge in [-0.2, -0.15) is 4.31 Å². The average molecular weight is 295 g/mol. The van der Waals surface area contributed by atoms with E-state index in [0.717, 1.165) is 19.3 Å². The molecule has 2 heterocycles. The Morgan fingerprint density at radius 2 is 2.28 bits per heavy atom. The average Bonchev–Trinajstić information content (AvgIpc) is 2.83. The number of rotatable bonds is 3. The number of H-pyrrole nitrogens is 1. The molecule has 104 valence electrons. The van der Waals surface area contributed by atoms with Crippen LogP contribution in [0.4, 0.5) is 0 Å². The highest BCUT2D eigenvalue weighted by Crippen LogP contribution is 2.25. The highest BCUT2D eigenvalue weighted by molar-refractivity contribution is 7.89. The summed E-state index contributed by atoms with van der Waals surface area (Å²) in [7, 11) is -3.48. The predicted molar refractivity (Wildman–Crippen MR) is 71.0 cm³/mol. The van der Waals surface area contributed by atoms with Crippen molar-refractivity contribution >= 4 is 22.4 Å². The lowest BCUT2D eigenvalue weighted by Crippen LogP contribution is -2.51. The second-order valence-corrected chi connectivity index (χ2v) is 6.31. The van der Waals surface area contributed by atoms with Crippen molar-refractivity contribution in [3.8, 4) is 0 Å². The quantitative estimate of drug-likeness (QED) is 0.859. The first kappa shape index (κ1) is 15.4. The fraction of sp³-hybridized carbons (Fsp3) is 0.700. The van der Waals surface area contributed by atoms with Crippen LogP contribution in [0.3, 0.4) is 0 Å². The topological polar surface area (TPSA) is 92.1 Å². The molecule has 2 unspecified atom stereocenters. The molecular weight excluding hydrogens is 276 g/mol. The van der Waals surface area contributed by atoms with E-state index in [4.69, 9.17) is 5.73 Å². The van der Waals surface area contributed by atoms with Crippen LogP contribution in [-0.2, 0) is 10.0 Å². The second-order valence-electron chi connectivity index (χ2n) is 4.45. The Balaban J connectivity index is 0.00000162. The third-order valence-electron chi connectivity index (χ3n) is 3.16. The molecule has 0 aliphatic carbocycles. The Morgan fingerprint density at radius 3 is 2.83 bits per heavy atom. The Hall–Kier alpha value is -0.630. The SMILES string of the molecule is CC(N)C1CCCCN1S(=O)(=O)c1cnc[nH]1.Cl. The van der Waals surface area contributed by atoms with E-state index in [1.54, 1.807) is 0 Å². The van der Waals surface area contributed by atoms with Crippen molar-refractivity contribution in [1.82, 2.24) is 14.3 Å². The van der Waals surface area contributed by atoms with E-state index < -0.39 is 10.0 Å². The van der Waals surface area contributed by atoms with E-state index in [0.29, 0.717) is 6.54 Å². The molecule has 2 atom stereocenters. The molecule has 6 nitrogen and oxygen atoms in total. The number of nitrogens with two attached hydrogens (primary N) is 1. The van der Waals surface area contributed by atoms with E-state index in [1.807, 2.05) is 6.92 Å². The number of piperidine rings is 1. The predicted octanol–water partition coefficient (Wildman–Crippen LogP) is 0.722. The Kier molecular flexibility index (Phi) is 5.15. The summed E-state index contributed by atoms with van der Waals surface area (Å²) in [5.41, 5.74) is 5.88. The number of halogens is 1. The summed E-state index contributed by atoms with van der Waals surface area (Å²) in [6, 6.07) is -0.273. The number of aromatic amines is 1. The largest absolute Gasteiger partial charge is 0.335 e. The maximum absolute atomic E-state index is 12.4. The summed E-state index contributed by atoms with van der Waals surface area (Å²) in [6.07, 6.45) is 5.45. The number of aromatic nitrogens is 2. The van der Waals surface area contributed by atoms with Gasteiger partial charge in [-0.05, 0) is 19.8 Å². The third kappa shape index (κ3) is 2.85. The number of hydrogen-bond acceptors (Lipinski definition) is 4. The molecule has 2 rings (SSSR count). The van der Waals surface area contributed by atoms with Gasteiger partial charge in [-0.1, -0.05) is 6.42 Å². The fourth-order valence-corrected chi connectivity index (χ4v) is 3.94. The van der Waals surface area contributed by atoms with Gasteiger partial charge in [0.1, 0.15) is 0 Å². The van der Waals surface area contributed by atoms with Crippen molar-refractivity contribution in [2.45, 2.75) is 43.3 Å². The molecule has 8 heteroatoms. The van der Waals surface area contributed by atoms with E-state index in [2.05, 4.69) is 9.97 Å². The first-order valence-corrected chi connectivity index (χ1v) is 7.23. The molecule has 0 amide bonds. The molecule has 1 fully saturated rings. The van der Waals surface area contributed by atoms with Crippen LogP contribution in [0.1, 0.15) is 26.2 Å². The van der Waals surface area contributed by atoms with E-state index >= 15 is 0 Å².